The molecule has 241 valence electrons. The molecule has 4 heterocycles. The van der Waals surface area contributed by atoms with E-state index in [9.17, 15) is 0 Å². The predicted molar refractivity (Wildman–Crippen MR) is 214 cm³/mol. The number of fused-ring (bicyclic) bond motifs is 4. The minimum absolute atomic E-state index is 0.958. The van der Waals surface area contributed by atoms with E-state index >= 15 is 0 Å². The van der Waals surface area contributed by atoms with E-state index in [2.05, 4.69) is 179 Å². The summed E-state index contributed by atoms with van der Waals surface area (Å²) < 4.78 is 4.37. The topological polar surface area (TPSA) is 35.6 Å². The van der Waals surface area contributed by atoms with Crippen LogP contribution >= 0.6 is 0 Å². The molecule has 0 spiro atoms. The fraction of sp³-hybridized carbons (Fsp3) is 0. The van der Waals surface area contributed by atoms with Crippen molar-refractivity contribution in [1.29, 1.82) is 0 Å². The lowest BCUT2D eigenvalue weighted by molar-refractivity contribution is 1.09. The van der Waals surface area contributed by atoms with Crippen molar-refractivity contribution in [2.24, 2.45) is 0 Å². The third-order valence-corrected chi connectivity index (χ3v) is 15.3. The van der Waals surface area contributed by atoms with Gasteiger partial charge in [-0.25, -0.2) is 9.97 Å². The van der Waals surface area contributed by atoms with Gasteiger partial charge < -0.3 is 9.13 Å². The fourth-order valence-corrected chi connectivity index (χ4v) is 13.3. The molecule has 4 aromatic heterocycles. The van der Waals surface area contributed by atoms with E-state index in [-0.39, 0.29) is 0 Å². The van der Waals surface area contributed by atoms with Crippen molar-refractivity contribution in [3.8, 4) is 11.4 Å². The summed E-state index contributed by atoms with van der Waals surface area (Å²) in [5, 5.41) is 12.7. The van der Waals surface area contributed by atoms with Crippen molar-refractivity contribution in [2.45, 2.75) is 0 Å². The molecule has 4 nitrogen and oxygen atoms in total. The summed E-state index contributed by atoms with van der Waals surface area (Å²) in [6.07, 6.45) is 7.96. The number of benzene rings is 6. The maximum absolute atomic E-state index is 4.71. The summed E-state index contributed by atoms with van der Waals surface area (Å²) in [6, 6.07) is 62.5. The Balaban J connectivity index is 1.28. The molecule has 5 heteroatoms. The largest absolute Gasteiger partial charge is 0.301 e. The van der Waals surface area contributed by atoms with Crippen molar-refractivity contribution in [2.75, 3.05) is 0 Å². The van der Waals surface area contributed by atoms with E-state index in [1.54, 1.807) is 0 Å². The second-order valence-electron chi connectivity index (χ2n) is 13.1. The first-order chi connectivity index (χ1) is 25.3. The van der Waals surface area contributed by atoms with Crippen molar-refractivity contribution in [3.63, 3.8) is 0 Å². The van der Waals surface area contributed by atoms with E-state index in [4.69, 9.17) is 9.97 Å². The number of hydrogen-bond acceptors (Lipinski definition) is 2. The van der Waals surface area contributed by atoms with Gasteiger partial charge in [-0.2, -0.15) is 20.7 Å². The number of rotatable bonds is 6. The zero-order valence-electron chi connectivity index (χ0n) is 27.8. The highest BCUT2D eigenvalue weighted by Gasteiger charge is 2.31. The monoisotopic (exact) mass is 668 g/mol. The summed E-state index contributed by atoms with van der Waals surface area (Å²) in [5.74, 6) is 0. The first-order valence-electron chi connectivity index (χ1n) is 17.3. The van der Waals surface area contributed by atoms with Gasteiger partial charge in [0.15, 0.2) is 0 Å². The standard InChI is InChI=1S/C46H32N4Si/c1-3-15-41-33(9-1)11-5-17-43(41)51(44-18-6-12-34-10-2-4-16-42(34)44,39-23-19-37(20-24-39)49-31-27-35-13-7-29-47-45(35)49)40-25-21-38(22-26-40)50-32-28-36-14-8-30-48-46(36)50/h1-32H/q-1. The van der Waals surface area contributed by atoms with Gasteiger partial charge in [0.25, 0.3) is 0 Å². The summed E-state index contributed by atoms with van der Waals surface area (Å²) in [5.41, 5.74) is 4.10. The highest BCUT2D eigenvalue weighted by Crippen LogP contribution is 2.24. The SMILES string of the molecule is c1ccc2c([Si-](c3ccc(-n4ccc5cccnc54)cc3)(c3ccc(-n4ccc5cccnc54)cc3)c3cccc4ccccc34)cccc2c1. The highest BCUT2D eigenvalue weighted by atomic mass is 28.3. The molecule has 51 heavy (non-hydrogen) atoms. The van der Waals surface area contributed by atoms with Crippen LogP contribution in [0.4, 0.5) is 0 Å². The zero-order valence-corrected chi connectivity index (χ0v) is 28.8. The van der Waals surface area contributed by atoms with E-state index in [0.29, 0.717) is 0 Å². The van der Waals surface area contributed by atoms with Crippen LogP contribution in [0.2, 0.25) is 0 Å². The minimum Gasteiger partial charge on any atom is -0.301 e. The molecule has 10 rings (SSSR count). The van der Waals surface area contributed by atoms with Crippen LogP contribution in [-0.2, 0) is 0 Å². The second kappa shape index (κ2) is 11.8. The lowest BCUT2D eigenvalue weighted by Gasteiger charge is -2.48. The third-order valence-electron chi connectivity index (χ3n) is 10.4. The zero-order chi connectivity index (χ0) is 33.8. The number of aromatic nitrogens is 4. The van der Waals surface area contributed by atoms with E-state index in [1.165, 1.54) is 42.3 Å². The molecule has 10 aromatic rings. The molecule has 0 unspecified atom stereocenters. The van der Waals surface area contributed by atoms with E-state index in [0.717, 1.165) is 33.4 Å². The van der Waals surface area contributed by atoms with Crippen molar-refractivity contribution >= 4 is 72.4 Å². The average molecular weight is 669 g/mol. The Bertz CT molecular complexity index is 2660. The molecule has 0 aliphatic carbocycles. The van der Waals surface area contributed by atoms with Gasteiger partial charge in [-0.1, -0.05) is 109 Å². The van der Waals surface area contributed by atoms with E-state index in [1.807, 2.05) is 24.5 Å². The predicted octanol–water partition coefficient (Wildman–Crippen LogP) is 8.05. The Morgan fingerprint density at radius 1 is 0.353 bits per heavy atom. The molecule has 0 aliphatic heterocycles. The lowest BCUT2D eigenvalue weighted by Crippen LogP contribution is -2.75. The molecule has 0 bridgehead atoms. The molecular formula is C46H32N4Si-. The maximum atomic E-state index is 4.71. The lowest BCUT2D eigenvalue weighted by atomic mass is 10.1. The van der Waals surface area contributed by atoms with Crippen LogP contribution in [-0.4, -0.2) is 27.2 Å². The van der Waals surface area contributed by atoms with E-state index < -0.39 is 8.07 Å². The van der Waals surface area contributed by atoms with Crippen LogP contribution in [0.25, 0.3) is 55.0 Å². The van der Waals surface area contributed by atoms with Gasteiger partial charge in [-0.3, -0.25) is 0 Å². The maximum Gasteiger partial charge on any atom is 0.144 e. The van der Waals surface area contributed by atoms with Gasteiger partial charge in [0.1, 0.15) is 11.3 Å². The summed E-state index contributed by atoms with van der Waals surface area (Å²) >= 11 is 0. The number of hydrogen-bond donors (Lipinski definition) is 0. The van der Waals surface area contributed by atoms with Crippen molar-refractivity contribution < 1.29 is 0 Å². The third kappa shape index (κ3) is 4.59. The molecule has 0 radical (unpaired) electrons. The van der Waals surface area contributed by atoms with Gasteiger partial charge in [0, 0.05) is 46.9 Å². The van der Waals surface area contributed by atoms with Crippen LogP contribution in [0.1, 0.15) is 0 Å². The van der Waals surface area contributed by atoms with Crippen LogP contribution in [0, 0.1) is 0 Å². The smallest absolute Gasteiger partial charge is 0.144 e. The van der Waals surface area contributed by atoms with Gasteiger partial charge in [-0.05, 0) is 90.3 Å². The van der Waals surface area contributed by atoms with Gasteiger partial charge in [0.2, 0.25) is 0 Å². The first kappa shape index (κ1) is 29.4. The van der Waals surface area contributed by atoms with Crippen LogP contribution in [0.5, 0.6) is 0 Å². The van der Waals surface area contributed by atoms with Crippen molar-refractivity contribution in [3.05, 3.63) is 195 Å². The number of pyridine rings is 2. The minimum atomic E-state index is -3.00. The highest BCUT2D eigenvalue weighted by molar-refractivity contribution is 7.21. The summed E-state index contributed by atoms with van der Waals surface area (Å²) in [4.78, 5) is 9.43. The van der Waals surface area contributed by atoms with Gasteiger partial charge >= 0.3 is 0 Å². The van der Waals surface area contributed by atoms with Gasteiger partial charge in [-0.15, -0.1) is 0 Å². The molecule has 0 saturated heterocycles. The van der Waals surface area contributed by atoms with Gasteiger partial charge in [0.05, 0.1) is 0 Å². The fourth-order valence-electron chi connectivity index (χ4n) is 8.13. The molecule has 0 aliphatic rings. The normalized spacial score (nSPS) is 11.9. The molecule has 6 aromatic carbocycles. The Labute approximate surface area is 296 Å². The Morgan fingerprint density at radius 3 is 1.24 bits per heavy atom. The Morgan fingerprint density at radius 2 is 0.765 bits per heavy atom. The first-order valence-corrected chi connectivity index (χ1v) is 19.3. The molecule has 0 amide bonds. The molecule has 0 N–H and O–H groups in total. The quantitative estimate of drug-likeness (QED) is 0.133. The second-order valence-corrected chi connectivity index (χ2v) is 16.8. The molecule has 0 fully saturated rings. The Kier molecular flexibility index (Phi) is 6.79. The molecule has 0 saturated carbocycles. The Hall–Kier alpha value is -6.56. The van der Waals surface area contributed by atoms with Crippen LogP contribution in [0.3, 0.4) is 0 Å². The summed E-state index contributed by atoms with van der Waals surface area (Å²) in [7, 11) is -3.00. The average Bonchev–Trinajstić information content (AvgIpc) is 3.84. The molecule has 0 atom stereocenters. The van der Waals surface area contributed by atoms with Crippen LogP contribution < -0.4 is 20.7 Å². The molecular weight excluding hydrogens is 637 g/mol. The number of nitrogens with zero attached hydrogens (tertiary/aromatic N) is 4. The summed E-state index contributed by atoms with van der Waals surface area (Å²) in [6.45, 7) is 0. The van der Waals surface area contributed by atoms with Crippen molar-refractivity contribution in [1.82, 2.24) is 19.1 Å². The van der Waals surface area contributed by atoms with Crippen LogP contribution in [0.15, 0.2) is 195 Å².